The Bertz CT molecular complexity index is 1110. The number of sulfonamides is 1. The minimum absolute atomic E-state index is 0.166. The van der Waals surface area contributed by atoms with Crippen LogP contribution < -0.4 is 9.04 Å². The van der Waals surface area contributed by atoms with Crippen molar-refractivity contribution >= 4 is 60.9 Å². The quantitative estimate of drug-likeness (QED) is 0.263. The molecule has 1 heterocycles. The molecule has 0 spiro atoms. The maximum atomic E-state index is 13.3. The number of nitrogens with zero attached hydrogens (tertiary/aromatic N) is 1. The molecule has 0 amide bonds. The number of rotatable bonds is 6. The van der Waals surface area contributed by atoms with Crippen LogP contribution in [-0.4, -0.2) is 19.4 Å². The van der Waals surface area contributed by atoms with E-state index in [9.17, 15) is 8.42 Å². The van der Waals surface area contributed by atoms with Gasteiger partial charge in [-0.25, -0.2) is 8.42 Å². The van der Waals surface area contributed by atoms with Crippen LogP contribution in [0.4, 0.5) is 5.69 Å². The fourth-order valence-corrected chi connectivity index (χ4v) is 6.76. The second kappa shape index (κ2) is 8.81. The summed E-state index contributed by atoms with van der Waals surface area (Å²) in [5.41, 5.74) is 2.89. The van der Waals surface area contributed by atoms with Crippen LogP contribution in [0.5, 0.6) is 5.75 Å². The van der Waals surface area contributed by atoms with Gasteiger partial charge in [0, 0.05) is 26.5 Å². The maximum absolute atomic E-state index is 13.3. The van der Waals surface area contributed by atoms with E-state index < -0.39 is 10.0 Å². The van der Waals surface area contributed by atoms with Crippen molar-refractivity contribution in [1.29, 1.82) is 0 Å². The van der Waals surface area contributed by atoms with E-state index in [-0.39, 0.29) is 5.92 Å². The highest BCUT2D eigenvalue weighted by molar-refractivity contribution is 14.1. The average molecular weight is 631 g/mol. The summed E-state index contributed by atoms with van der Waals surface area (Å²) in [4.78, 5) is 0.311. The molecular weight excluding hydrogens is 612 g/mol. The molecule has 3 aromatic carbocycles. The highest BCUT2D eigenvalue weighted by Crippen LogP contribution is 2.45. The lowest BCUT2D eigenvalue weighted by Crippen LogP contribution is -2.30. The predicted octanol–water partition coefficient (Wildman–Crippen LogP) is 5.60. The molecule has 1 aliphatic rings. The molecule has 3 aromatic rings. The van der Waals surface area contributed by atoms with Crippen molar-refractivity contribution in [2.24, 2.45) is 0 Å². The van der Waals surface area contributed by atoms with Gasteiger partial charge in [0.05, 0.1) is 10.6 Å². The molecule has 0 radical (unpaired) electrons. The largest absolute Gasteiger partial charge is 0.489 e. The summed E-state index contributed by atoms with van der Waals surface area (Å²) in [6.45, 7) is 0.893. The van der Waals surface area contributed by atoms with Crippen LogP contribution >= 0.6 is 45.2 Å². The Balaban J connectivity index is 1.71. The fourth-order valence-electron chi connectivity index (χ4n) is 3.48. The van der Waals surface area contributed by atoms with Crippen LogP contribution in [0.2, 0.25) is 0 Å². The molecule has 1 unspecified atom stereocenters. The summed E-state index contributed by atoms with van der Waals surface area (Å²) in [7, 11) is -3.62. The van der Waals surface area contributed by atoms with Crippen molar-refractivity contribution in [2.45, 2.75) is 17.4 Å². The van der Waals surface area contributed by atoms with Gasteiger partial charge in [-0.15, -0.1) is 0 Å². The van der Waals surface area contributed by atoms with Gasteiger partial charge in [-0.1, -0.05) is 71.1 Å². The first-order valence-corrected chi connectivity index (χ1v) is 13.2. The summed E-state index contributed by atoms with van der Waals surface area (Å²) in [6, 6.07) is 22.4. The second-order valence-electron chi connectivity index (χ2n) is 6.81. The molecule has 0 aliphatic carbocycles. The molecule has 0 aromatic heterocycles. The van der Waals surface area contributed by atoms with Gasteiger partial charge in [0.1, 0.15) is 12.4 Å². The van der Waals surface area contributed by atoms with Gasteiger partial charge in [0.25, 0.3) is 10.0 Å². The third-order valence-electron chi connectivity index (χ3n) is 4.91. The van der Waals surface area contributed by atoms with Crippen LogP contribution in [0.25, 0.3) is 0 Å². The first-order chi connectivity index (χ1) is 14.0. The van der Waals surface area contributed by atoms with Crippen molar-refractivity contribution in [3.05, 3.63) is 87.5 Å². The van der Waals surface area contributed by atoms with Gasteiger partial charge in [0.15, 0.2) is 0 Å². The first kappa shape index (κ1) is 20.9. The van der Waals surface area contributed by atoms with Gasteiger partial charge in [-0.2, -0.15) is 0 Å². The average Bonchev–Trinajstić information content (AvgIpc) is 3.14. The van der Waals surface area contributed by atoms with Crippen LogP contribution in [0.3, 0.4) is 0 Å². The molecule has 150 valence electrons. The van der Waals surface area contributed by atoms with Crippen molar-refractivity contribution in [1.82, 2.24) is 0 Å². The molecule has 0 saturated carbocycles. The molecule has 4 nitrogen and oxygen atoms in total. The lowest BCUT2D eigenvalue weighted by atomic mass is 10.0. The third kappa shape index (κ3) is 4.27. The Morgan fingerprint density at radius 2 is 1.66 bits per heavy atom. The van der Waals surface area contributed by atoms with E-state index >= 15 is 0 Å². The van der Waals surface area contributed by atoms with Crippen LogP contribution in [0.1, 0.15) is 17.0 Å². The first-order valence-electron chi connectivity index (χ1n) is 9.14. The zero-order valence-electron chi connectivity index (χ0n) is 15.5. The number of ether oxygens (including phenoxy) is 1. The summed E-state index contributed by atoms with van der Waals surface area (Å²) < 4.78 is 36.1. The number of hydrogen-bond acceptors (Lipinski definition) is 3. The Kier molecular flexibility index (Phi) is 6.35. The van der Waals surface area contributed by atoms with E-state index in [1.54, 1.807) is 28.6 Å². The lowest BCUT2D eigenvalue weighted by Gasteiger charge is -2.20. The molecule has 7 heteroatoms. The summed E-state index contributed by atoms with van der Waals surface area (Å²) in [5, 5.41) is 0. The molecule has 0 saturated heterocycles. The van der Waals surface area contributed by atoms with Gasteiger partial charge >= 0.3 is 0 Å². The van der Waals surface area contributed by atoms with Crippen molar-refractivity contribution in [3.63, 3.8) is 0 Å². The topological polar surface area (TPSA) is 46.6 Å². The number of benzene rings is 3. The van der Waals surface area contributed by atoms with E-state index in [0.717, 1.165) is 24.8 Å². The van der Waals surface area contributed by atoms with Crippen LogP contribution in [-0.2, 0) is 16.6 Å². The molecule has 0 N–H and O–H groups in total. The highest BCUT2D eigenvalue weighted by atomic mass is 127. The number of hydrogen-bond donors (Lipinski definition) is 0. The maximum Gasteiger partial charge on any atom is 0.264 e. The number of fused-ring (bicyclic) bond motifs is 1. The van der Waals surface area contributed by atoms with E-state index in [2.05, 4.69) is 45.2 Å². The normalized spacial score (nSPS) is 15.9. The van der Waals surface area contributed by atoms with Gasteiger partial charge in [-0.05, 0) is 51.9 Å². The summed E-state index contributed by atoms with van der Waals surface area (Å²) in [5.74, 6) is 0.846. The van der Waals surface area contributed by atoms with Crippen molar-refractivity contribution in [3.8, 4) is 5.75 Å². The lowest BCUT2D eigenvalue weighted by molar-refractivity contribution is 0.306. The standard InChI is InChI=1S/C22H19I2NO3S/c23-13-17-14-25(29(26,27)19-9-5-2-6-10-19)21-12-18(11-20(24)22(17)21)28-15-16-7-3-1-4-8-16/h1-12,17H,13-15H2. The summed E-state index contributed by atoms with van der Waals surface area (Å²) >= 11 is 4.63. The van der Waals surface area contributed by atoms with Crippen molar-refractivity contribution < 1.29 is 13.2 Å². The van der Waals surface area contributed by atoms with Crippen LogP contribution in [0, 0.1) is 3.57 Å². The van der Waals surface area contributed by atoms with Gasteiger partial charge < -0.3 is 4.74 Å². The number of halogens is 2. The van der Waals surface area contributed by atoms with E-state index in [1.807, 2.05) is 48.5 Å². The molecule has 4 rings (SSSR count). The zero-order chi connectivity index (χ0) is 20.4. The minimum Gasteiger partial charge on any atom is -0.489 e. The number of alkyl halides is 1. The Morgan fingerprint density at radius 1 is 1.00 bits per heavy atom. The van der Waals surface area contributed by atoms with E-state index in [0.29, 0.717) is 23.8 Å². The minimum atomic E-state index is -3.62. The SMILES string of the molecule is O=S(=O)(c1ccccc1)N1CC(CI)c2c(I)cc(OCc3ccccc3)cc21. The van der Waals surface area contributed by atoms with E-state index in [1.165, 1.54) is 0 Å². The fraction of sp³-hybridized carbons (Fsp3) is 0.182. The Morgan fingerprint density at radius 3 is 2.31 bits per heavy atom. The monoisotopic (exact) mass is 631 g/mol. The molecule has 29 heavy (non-hydrogen) atoms. The molecular formula is C22H19I2NO3S. The van der Waals surface area contributed by atoms with Crippen LogP contribution in [0.15, 0.2) is 77.7 Å². The van der Waals surface area contributed by atoms with E-state index in [4.69, 9.17) is 4.74 Å². The zero-order valence-corrected chi connectivity index (χ0v) is 20.6. The Hall–Kier alpha value is -1.33. The Labute approximate surface area is 198 Å². The second-order valence-corrected chi connectivity index (χ2v) is 10.7. The van der Waals surface area contributed by atoms with Gasteiger partial charge in [0.2, 0.25) is 0 Å². The van der Waals surface area contributed by atoms with Gasteiger partial charge in [-0.3, -0.25) is 4.31 Å². The smallest absolute Gasteiger partial charge is 0.264 e. The highest BCUT2D eigenvalue weighted by Gasteiger charge is 2.38. The summed E-state index contributed by atoms with van der Waals surface area (Å²) in [6.07, 6.45) is 0. The predicted molar refractivity (Wildman–Crippen MR) is 133 cm³/mol. The number of anilines is 1. The molecule has 0 bridgehead atoms. The third-order valence-corrected chi connectivity index (χ3v) is 8.66. The molecule has 0 fully saturated rings. The van der Waals surface area contributed by atoms with Crippen molar-refractivity contribution in [2.75, 3.05) is 15.3 Å². The molecule has 1 atom stereocenters. The molecule has 1 aliphatic heterocycles.